The van der Waals surface area contributed by atoms with Gasteiger partial charge in [0.1, 0.15) is 17.5 Å². The predicted molar refractivity (Wildman–Crippen MR) is 49.8 cm³/mol. The van der Waals surface area contributed by atoms with E-state index in [0.717, 1.165) is 6.07 Å². The minimum absolute atomic E-state index is 0.0495. The van der Waals surface area contributed by atoms with Crippen molar-refractivity contribution in [1.29, 1.82) is 10.5 Å². The van der Waals surface area contributed by atoms with Crippen LogP contribution in [-0.2, 0) is 6.42 Å². The average Bonchev–Trinajstić information content (AvgIpc) is 2.27. The number of alkyl halides is 2. The van der Waals surface area contributed by atoms with Crippen molar-refractivity contribution in [2.45, 2.75) is 12.8 Å². The molecule has 0 aliphatic rings. The lowest BCUT2D eigenvalue weighted by Crippen LogP contribution is -2.03. The fourth-order valence-corrected chi connectivity index (χ4v) is 1.25. The van der Waals surface area contributed by atoms with Crippen molar-refractivity contribution in [1.82, 2.24) is 4.98 Å². The van der Waals surface area contributed by atoms with E-state index in [1.54, 1.807) is 12.1 Å². The summed E-state index contributed by atoms with van der Waals surface area (Å²) in [4.78, 5) is 3.67. The number of rotatable bonds is 3. The van der Waals surface area contributed by atoms with E-state index in [2.05, 4.69) is 4.98 Å². The molecule has 0 spiro atoms. The summed E-state index contributed by atoms with van der Waals surface area (Å²) in [6.45, 7) is 0. The molecule has 0 saturated carbocycles. The van der Waals surface area contributed by atoms with Crippen molar-refractivity contribution < 1.29 is 13.5 Å². The Bertz CT molecular complexity index is 474. The third-order valence-electron chi connectivity index (χ3n) is 1.90. The van der Waals surface area contributed by atoms with Crippen LogP contribution in [0.5, 0.6) is 5.75 Å². The molecule has 4 nitrogen and oxygen atoms in total. The van der Waals surface area contributed by atoms with Gasteiger partial charge in [-0.15, -0.1) is 0 Å². The van der Waals surface area contributed by atoms with Gasteiger partial charge in [-0.1, -0.05) is 0 Å². The van der Waals surface area contributed by atoms with Gasteiger partial charge < -0.3 is 4.74 Å². The van der Waals surface area contributed by atoms with Gasteiger partial charge in [-0.3, -0.25) is 0 Å². The number of hydrogen-bond acceptors (Lipinski definition) is 4. The van der Waals surface area contributed by atoms with Crippen LogP contribution >= 0.6 is 0 Å². The second-order valence-corrected chi connectivity index (χ2v) is 2.82. The lowest BCUT2D eigenvalue weighted by molar-refractivity contribution is 0.145. The van der Waals surface area contributed by atoms with Gasteiger partial charge >= 0.3 is 0 Å². The Morgan fingerprint density at radius 2 is 2.19 bits per heavy atom. The molecule has 0 aliphatic carbocycles. The Hall–Kier alpha value is -2.21. The summed E-state index contributed by atoms with van der Waals surface area (Å²) in [5, 5.41) is 17.1. The summed E-state index contributed by atoms with van der Waals surface area (Å²) in [7, 11) is 1.22. The van der Waals surface area contributed by atoms with Crippen LogP contribution in [-0.4, -0.2) is 12.1 Å². The fraction of sp³-hybridized carbons (Fsp3) is 0.300. The van der Waals surface area contributed by atoms with E-state index >= 15 is 0 Å². The highest BCUT2D eigenvalue weighted by molar-refractivity contribution is 5.43. The molecule has 0 fully saturated rings. The SMILES string of the molecule is COc1cc(C#N)nc(CC#N)c1C(F)F. The van der Waals surface area contributed by atoms with Gasteiger partial charge in [-0.2, -0.15) is 10.5 Å². The van der Waals surface area contributed by atoms with Gasteiger partial charge in [-0.05, 0) is 0 Å². The molecular formula is C10H7F2N3O. The molecule has 0 radical (unpaired) electrons. The van der Waals surface area contributed by atoms with Gasteiger partial charge in [0, 0.05) is 6.07 Å². The zero-order valence-electron chi connectivity index (χ0n) is 8.37. The number of hydrogen-bond donors (Lipinski definition) is 0. The molecule has 1 aromatic heterocycles. The molecule has 0 aliphatic heterocycles. The molecule has 0 saturated heterocycles. The Labute approximate surface area is 90.7 Å². The van der Waals surface area contributed by atoms with Crippen molar-refractivity contribution in [2.24, 2.45) is 0 Å². The average molecular weight is 223 g/mol. The molecule has 0 unspecified atom stereocenters. The molecule has 1 rings (SSSR count). The number of pyridine rings is 1. The number of aromatic nitrogens is 1. The standard InChI is InChI=1S/C10H7F2N3O/c1-16-8-4-6(5-14)15-7(2-3-13)9(8)10(11)12/h4,10H,2H2,1H3. The summed E-state index contributed by atoms with van der Waals surface area (Å²) in [6.07, 6.45) is -3.08. The third-order valence-corrected chi connectivity index (χ3v) is 1.90. The van der Waals surface area contributed by atoms with E-state index in [0.29, 0.717) is 0 Å². The van der Waals surface area contributed by atoms with Gasteiger partial charge in [0.2, 0.25) is 0 Å². The highest BCUT2D eigenvalue weighted by Gasteiger charge is 2.21. The van der Waals surface area contributed by atoms with E-state index in [1.807, 2.05) is 0 Å². The maximum absolute atomic E-state index is 12.7. The van der Waals surface area contributed by atoms with Crippen LogP contribution < -0.4 is 4.74 Å². The van der Waals surface area contributed by atoms with Gasteiger partial charge in [-0.25, -0.2) is 13.8 Å². The largest absolute Gasteiger partial charge is 0.496 e. The maximum Gasteiger partial charge on any atom is 0.269 e. The predicted octanol–water partition coefficient (Wildman–Crippen LogP) is 1.97. The van der Waals surface area contributed by atoms with E-state index in [1.165, 1.54) is 7.11 Å². The monoisotopic (exact) mass is 223 g/mol. The lowest BCUT2D eigenvalue weighted by atomic mass is 10.1. The summed E-state index contributed by atoms with van der Waals surface area (Å²) in [6, 6.07) is 4.57. The summed E-state index contributed by atoms with van der Waals surface area (Å²) in [5.74, 6) is -0.119. The number of halogens is 2. The Kier molecular flexibility index (Phi) is 3.73. The Morgan fingerprint density at radius 1 is 1.50 bits per heavy atom. The van der Waals surface area contributed by atoms with E-state index in [4.69, 9.17) is 15.3 Å². The van der Waals surface area contributed by atoms with Crippen LogP contribution in [0, 0.1) is 22.7 Å². The Balaban J connectivity index is 3.43. The van der Waals surface area contributed by atoms with E-state index in [9.17, 15) is 8.78 Å². The van der Waals surface area contributed by atoms with Crippen LogP contribution in [0.3, 0.4) is 0 Å². The summed E-state index contributed by atoms with van der Waals surface area (Å²) >= 11 is 0. The van der Waals surface area contributed by atoms with Crippen molar-refractivity contribution in [2.75, 3.05) is 7.11 Å². The first-order chi connectivity index (χ1) is 7.63. The molecule has 0 atom stereocenters. The van der Waals surface area contributed by atoms with Crippen molar-refractivity contribution in [3.63, 3.8) is 0 Å². The van der Waals surface area contributed by atoms with Crippen molar-refractivity contribution in [3.05, 3.63) is 23.0 Å². The summed E-state index contributed by atoms with van der Waals surface area (Å²) in [5.41, 5.74) is -0.594. The first-order valence-electron chi connectivity index (χ1n) is 4.27. The number of methoxy groups -OCH3 is 1. The maximum atomic E-state index is 12.7. The highest BCUT2D eigenvalue weighted by atomic mass is 19.3. The van der Waals surface area contributed by atoms with E-state index < -0.39 is 12.0 Å². The van der Waals surface area contributed by atoms with Gasteiger partial charge in [0.15, 0.2) is 0 Å². The lowest BCUT2D eigenvalue weighted by Gasteiger charge is -2.11. The first-order valence-corrected chi connectivity index (χ1v) is 4.27. The van der Waals surface area contributed by atoms with E-state index in [-0.39, 0.29) is 23.6 Å². The topological polar surface area (TPSA) is 69.7 Å². The minimum Gasteiger partial charge on any atom is -0.496 e. The fourth-order valence-electron chi connectivity index (χ4n) is 1.25. The quantitative estimate of drug-likeness (QED) is 0.785. The third kappa shape index (κ3) is 2.23. The molecule has 82 valence electrons. The molecule has 0 aromatic carbocycles. The van der Waals surface area contributed by atoms with Crippen molar-refractivity contribution in [3.8, 4) is 17.9 Å². The molecule has 0 bridgehead atoms. The second kappa shape index (κ2) is 5.04. The van der Waals surface area contributed by atoms with Crippen LogP contribution in [0.1, 0.15) is 23.4 Å². The molecule has 6 heteroatoms. The Morgan fingerprint density at radius 3 is 2.62 bits per heavy atom. The smallest absolute Gasteiger partial charge is 0.269 e. The normalized spacial score (nSPS) is 9.62. The van der Waals surface area contributed by atoms with Crippen molar-refractivity contribution >= 4 is 0 Å². The number of nitrogens with zero attached hydrogens (tertiary/aromatic N) is 3. The summed E-state index contributed by atoms with van der Waals surface area (Å²) < 4.78 is 30.2. The molecule has 16 heavy (non-hydrogen) atoms. The van der Waals surface area contributed by atoms with Gasteiger partial charge in [0.05, 0.1) is 30.9 Å². The minimum atomic E-state index is -2.79. The van der Waals surface area contributed by atoms with Crippen LogP contribution in [0.2, 0.25) is 0 Å². The first kappa shape index (κ1) is 11.9. The van der Waals surface area contributed by atoms with Crippen LogP contribution in [0.4, 0.5) is 8.78 Å². The number of ether oxygens (including phenoxy) is 1. The zero-order chi connectivity index (χ0) is 12.1. The molecular weight excluding hydrogens is 216 g/mol. The second-order valence-electron chi connectivity index (χ2n) is 2.82. The van der Waals surface area contributed by atoms with Gasteiger partial charge in [0.25, 0.3) is 6.43 Å². The zero-order valence-corrected chi connectivity index (χ0v) is 8.37. The number of nitriles is 2. The molecule has 0 amide bonds. The molecule has 1 heterocycles. The molecule has 1 aromatic rings. The van der Waals surface area contributed by atoms with Crippen LogP contribution in [0.15, 0.2) is 6.07 Å². The highest BCUT2D eigenvalue weighted by Crippen LogP contribution is 2.32. The molecule has 0 N–H and O–H groups in total. The van der Waals surface area contributed by atoms with Crippen LogP contribution in [0.25, 0.3) is 0 Å².